The first-order chi connectivity index (χ1) is 31.7. The van der Waals surface area contributed by atoms with Gasteiger partial charge in [-0.15, -0.1) is 0 Å². The lowest BCUT2D eigenvalue weighted by atomic mass is 9.95. The number of benzene rings is 2. The van der Waals surface area contributed by atoms with Crippen LogP contribution < -0.4 is 31.9 Å². The number of carboxylic acids is 2. The summed E-state index contributed by atoms with van der Waals surface area (Å²) in [5.74, 6) is -10.7. The molecule has 2 aromatic carbocycles. The van der Waals surface area contributed by atoms with Gasteiger partial charge in [0.2, 0.25) is 41.2 Å². The molecule has 1 unspecified atom stereocenters. The zero-order chi connectivity index (χ0) is 49.8. The highest BCUT2D eigenvalue weighted by Gasteiger charge is 2.45. The van der Waals surface area contributed by atoms with E-state index in [1.807, 2.05) is 36.4 Å². The van der Waals surface area contributed by atoms with Crippen molar-refractivity contribution in [2.75, 3.05) is 6.54 Å². The summed E-state index contributed by atoms with van der Waals surface area (Å²) in [4.78, 5) is 133. The van der Waals surface area contributed by atoms with Crippen molar-refractivity contribution in [3.05, 3.63) is 71.8 Å². The second-order valence-electron chi connectivity index (χ2n) is 17.0. The zero-order valence-corrected chi connectivity index (χ0v) is 38.9. The van der Waals surface area contributed by atoms with Gasteiger partial charge in [-0.05, 0) is 35.8 Å². The number of nitrogens with zero attached hydrogens (tertiary/aromatic N) is 1. The predicted molar refractivity (Wildman–Crippen MR) is 242 cm³/mol. The molecule has 0 aliphatic carbocycles. The number of hydrogen-bond donors (Lipinski definition) is 8. The molecule has 1 aliphatic heterocycles. The van der Waals surface area contributed by atoms with E-state index in [2.05, 4.69) is 31.9 Å². The van der Waals surface area contributed by atoms with Crippen molar-refractivity contribution in [3.63, 3.8) is 0 Å². The Balaban J connectivity index is 1.89. The molecule has 3 rings (SSSR count). The largest absolute Gasteiger partial charge is 0.481 e. The molecule has 0 saturated carbocycles. The van der Waals surface area contributed by atoms with E-state index in [1.165, 1.54) is 4.90 Å². The molecule has 366 valence electrons. The van der Waals surface area contributed by atoms with Gasteiger partial charge in [0.25, 0.3) is 5.91 Å². The number of carbonyl (C=O) groups is 10. The summed E-state index contributed by atoms with van der Waals surface area (Å²) in [6.45, 7) is 9.72. The average molecular weight is 936 g/mol. The molecule has 2 aromatic rings. The monoisotopic (exact) mass is 935 g/mol. The van der Waals surface area contributed by atoms with E-state index >= 15 is 0 Å². The fourth-order valence-corrected chi connectivity index (χ4v) is 7.38. The highest BCUT2D eigenvalue weighted by atomic mass is 16.5. The Labute approximate surface area is 390 Å². The lowest BCUT2D eigenvalue weighted by Crippen LogP contribution is -2.61. The molecule has 0 radical (unpaired) electrons. The number of ether oxygens (including phenoxy) is 1. The second-order valence-corrected chi connectivity index (χ2v) is 17.0. The van der Waals surface area contributed by atoms with Gasteiger partial charge >= 0.3 is 11.9 Å². The fourth-order valence-electron chi connectivity index (χ4n) is 7.38. The number of amides is 7. The molecule has 67 heavy (non-hydrogen) atoms. The summed E-state index contributed by atoms with van der Waals surface area (Å²) in [5.41, 5.74) is 1.61. The van der Waals surface area contributed by atoms with Crippen LogP contribution in [0.3, 0.4) is 0 Å². The van der Waals surface area contributed by atoms with Gasteiger partial charge in [0.15, 0.2) is 0 Å². The van der Waals surface area contributed by atoms with Crippen LogP contribution in [0.5, 0.6) is 0 Å². The van der Waals surface area contributed by atoms with Gasteiger partial charge < -0.3 is 51.8 Å². The van der Waals surface area contributed by atoms with Gasteiger partial charge in [-0.1, -0.05) is 108 Å². The number of Topliss-reactive ketones (excluding diaryl/α,β-unsaturated/α-hetero) is 1. The summed E-state index contributed by atoms with van der Waals surface area (Å²) in [7, 11) is 0. The molecule has 8 N–H and O–H groups in total. The van der Waals surface area contributed by atoms with Crippen molar-refractivity contribution in [1.82, 2.24) is 36.8 Å². The number of carboxylic acid groups (broad SMARTS) is 2. The summed E-state index contributed by atoms with van der Waals surface area (Å²) >= 11 is 0. The number of ketones is 1. The van der Waals surface area contributed by atoms with Crippen molar-refractivity contribution in [2.24, 2.45) is 11.8 Å². The van der Waals surface area contributed by atoms with Gasteiger partial charge in [-0.3, -0.25) is 47.9 Å². The number of rotatable bonds is 27. The highest BCUT2D eigenvalue weighted by molar-refractivity contribution is 6.38. The quantitative estimate of drug-likeness (QED) is 0.0588. The van der Waals surface area contributed by atoms with Crippen LogP contribution in [0.2, 0.25) is 0 Å². The number of aliphatic carboxylic acids is 2. The average Bonchev–Trinajstić information content (AvgIpc) is 3.73. The SMILES string of the molecule is CCCC(NC(=O)[C@@H]1C[C@@H](OCc2ccccc2)CN1C(=O)[C@@H](NC(=O)[C@@H](NC(=O)[C@@H](CCC(=O)O)NC(=O)[C@H](CC(=O)O)NC(C)=O)[C@@H](C)CC)C(C)C)C(=O)C(=O)NCc1ccccc1. The molecule has 0 aromatic heterocycles. The van der Waals surface area contributed by atoms with Gasteiger partial charge in [0, 0.05) is 32.9 Å². The topological polar surface area (TPSA) is 296 Å². The third kappa shape index (κ3) is 17.6. The minimum atomic E-state index is -1.61. The minimum Gasteiger partial charge on any atom is -0.481 e. The maximum atomic E-state index is 14.7. The molecule has 7 amide bonds. The Morgan fingerprint density at radius 3 is 1.85 bits per heavy atom. The number of likely N-dealkylation sites (tertiary alicyclic amines) is 1. The first-order valence-electron chi connectivity index (χ1n) is 22.5. The molecule has 1 saturated heterocycles. The normalized spacial score (nSPS) is 17.1. The molecule has 0 spiro atoms. The first kappa shape index (κ1) is 54.6. The van der Waals surface area contributed by atoms with E-state index in [4.69, 9.17) is 4.74 Å². The van der Waals surface area contributed by atoms with E-state index in [9.17, 15) is 58.2 Å². The Hall–Kier alpha value is -6.70. The van der Waals surface area contributed by atoms with Crippen LogP contribution in [0.25, 0.3) is 0 Å². The van der Waals surface area contributed by atoms with E-state index in [0.29, 0.717) is 12.8 Å². The minimum absolute atomic E-state index is 0.0146. The summed E-state index contributed by atoms with van der Waals surface area (Å²) in [6, 6.07) is 9.95. The van der Waals surface area contributed by atoms with Gasteiger partial charge in [-0.2, -0.15) is 0 Å². The van der Waals surface area contributed by atoms with E-state index in [-0.39, 0.29) is 32.5 Å². The molecule has 1 fully saturated rings. The molecular weight excluding hydrogens is 871 g/mol. The van der Waals surface area contributed by atoms with Gasteiger partial charge in [-0.25, -0.2) is 0 Å². The van der Waals surface area contributed by atoms with E-state index in [0.717, 1.165) is 18.1 Å². The van der Waals surface area contributed by atoms with Crippen molar-refractivity contribution in [3.8, 4) is 0 Å². The van der Waals surface area contributed by atoms with Crippen LogP contribution >= 0.6 is 0 Å². The molecule has 1 aliphatic rings. The molecule has 20 nitrogen and oxygen atoms in total. The number of carbonyl (C=O) groups excluding carboxylic acids is 8. The van der Waals surface area contributed by atoms with Crippen LogP contribution in [0, 0.1) is 11.8 Å². The maximum Gasteiger partial charge on any atom is 0.305 e. The summed E-state index contributed by atoms with van der Waals surface area (Å²) in [6.07, 6.45) is -1.68. The fraction of sp³-hybridized carbons (Fsp3) is 0.532. The van der Waals surface area contributed by atoms with Crippen molar-refractivity contribution < 1.29 is 62.9 Å². The summed E-state index contributed by atoms with van der Waals surface area (Å²) in [5, 5.41) is 33.8. The zero-order valence-electron chi connectivity index (χ0n) is 38.9. The lowest BCUT2D eigenvalue weighted by molar-refractivity contribution is -0.144. The smallest absolute Gasteiger partial charge is 0.305 e. The van der Waals surface area contributed by atoms with E-state index in [1.54, 1.807) is 58.9 Å². The van der Waals surface area contributed by atoms with Crippen LogP contribution in [-0.4, -0.2) is 123 Å². The highest BCUT2D eigenvalue weighted by Crippen LogP contribution is 2.25. The van der Waals surface area contributed by atoms with Gasteiger partial charge in [0.1, 0.15) is 30.2 Å². The Morgan fingerprint density at radius 1 is 0.701 bits per heavy atom. The van der Waals surface area contributed by atoms with Crippen molar-refractivity contribution in [1.29, 1.82) is 0 Å². The Kier molecular flexibility index (Phi) is 22.1. The Bertz CT molecular complexity index is 2040. The van der Waals surface area contributed by atoms with Crippen LogP contribution in [0.4, 0.5) is 0 Å². The van der Waals surface area contributed by atoms with Crippen molar-refractivity contribution in [2.45, 2.75) is 142 Å². The second kappa shape index (κ2) is 27.1. The number of nitrogens with one attached hydrogen (secondary N) is 6. The van der Waals surface area contributed by atoms with Crippen LogP contribution in [0.15, 0.2) is 60.7 Å². The number of hydrogen-bond acceptors (Lipinski definition) is 11. The Morgan fingerprint density at radius 2 is 1.30 bits per heavy atom. The molecule has 20 heteroatoms. The third-order valence-electron chi connectivity index (χ3n) is 11.3. The van der Waals surface area contributed by atoms with Crippen molar-refractivity contribution >= 4 is 59.1 Å². The molecule has 8 atom stereocenters. The predicted octanol–water partition coefficient (Wildman–Crippen LogP) is 1.34. The van der Waals surface area contributed by atoms with E-state index < -0.39 is 133 Å². The summed E-state index contributed by atoms with van der Waals surface area (Å²) < 4.78 is 6.19. The molecule has 0 bridgehead atoms. The van der Waals surface area contributed by atoms with Crippen LogP contribution in [0.1, 0.15) is 97.6 Å². The lowest BCUT2D eigenvalue weighted by Gasteiger charge is -2.33. The molecule has 1 heterocycles. The molecular formula is C47H65N7O13. The maximum absolute atomic E-state index is 14.7. The first-order valence-corrected chi connectivity index (χ1v) is 22.5. The standard InChI is InChI=1S/C47H65N7O13/c1-7-15-33(41(60)46(65)48-24-30-16-11-9-12-17-30)50-44(63)36-22-32(67-26-31-18-13-10-14-19-31)25-54(36)47(66)39(27(3)4)52-45(64)40(28(5)8-2)53-42(61)34(20-21-37(56)57)51-43(62)35(23-38(58)59)49-29(6)55/h9-14,16-19,27-28,32-36,39-40H,7-8,15,20-26H2,1-6H3,(H,48,65)(H,49,55)(H,50,63)(H,51,62)(H,52,64)(H,53,61)(H,56,57)(H,58,59)/t28-,32+,33?,34+,35-,36-,39-,40-/m0/s1. The third-order valence-corrected chi connectivity index (χ3v) is 11.3. The van der Waals surface area contributed by atoms with Gasteiger partial charge in [0.05, 0.1) is 25.2 Å². The van der Waals surface area contributed by atoms with Crippen LogP contribution in [-0.2, 0) is 65.8 Å².